The Balaban J connectivity index is 0.00000298. The van der Waals surface area contributed by atoms with Crippen LogP contribution in [0.25, 0.3) is 0 Å². The van der Waals surface area contributed by atoms with Gasteiger partial charge in [0.2, 0.25) is 11.8 Å². The minimum absolute atomic E-state index is 0.0651. The van der Waals surface area contributed by atoms with E-state index in [1.165, 1.54) is 0 Å². The Morgan fingerprint density at radius 3 is 2.49 bits per heavy atom. The number of primary amides is 1. The van der Waals surface area contributed by atoms with E-state index in [1.54, 1.807) is 31.9 Å². The van der Waals surface area contributed by atoms with Gasteiger partial charge in [0, 0.05) is 23.4 Å². The highest BCUT2D eigenvalue weighted by Crippen LogP contribution is 2.21. The normalized spacial score (nSPS) is 14.8. The number of hydrogen-bond acceptors (Lipinski definition) is 5. The first kappa shape index (κ1) is 30.1. The third kappa shape index (κ3) is 10.1. The quantitative estimate of drug-likeness (QED) is 0.263. The fourth-order valence-corrected chi connectivity index (χ4v) is 4.27. The molecule has 0 spiro atoms. The molecule has 1 aromatic rings. The van der Waals surface area contributed by atoms with E-state index in [2.05, 4.69) is 5.32 Å². The molecular formula is C28H43N3O4. The topological polar surface area (TPSA) is 102 Å². The molecule has 0 aliphatic carbocycles. The highest BCUT2D eigenvalue weighted by atomic mass is 16.5. The Morgan fingerprint density at radius 2 is 1.91 bits per heavy atom. The monoisotopic (exact) mass is 485 g/mol. The first-order valence-electron chi connectivity index (χ1n) is 12.7. The number of carbonyl (C=O) groups is 3. The molecule has 0 saturated carbocycles. The van der Waals surface area contributed by atoms with Crippen molar-refractivity contribution in [1.29, 1.82) is 0 Å². The minimum atomic E-state index is -0.621. The molecule has 0 unspecified atom stereocenters. The van der Waals surface area contributed by atoms with Crippen molar-refractivity contribution in [3.63, 3.8) is 0 Å². The molecule has 0 aromatic heterocycles. The molecule has 3 N–H and O–H groups in total. The molecule has 2 amide bonds. The van der Waals surface area contributed by atoms with Crippen LogP contribution in [0.3, 0.4) is 0 Å². The molecule has 7 heteroatoms. The van der Waals surface area contributed by atoms with E-state index in [4.69, 9.17) is 10.5 Å². The molecule has 1 aliphatic heterocycles. The standard InChI is InChI=1S/C26H37N3O4.C2H6/c1-4-24(26(27)32)22(18-30)15-19(2)29(14-6-8-20-10-12-28-13-11-20)25(31)17-21-7-5-9-23(16-21)33-3;1-2/h5,7,9,15-16,18,20,28H,4,6,8,10-14,17H2,1-3H3,(H2,27,32);1-2H3/b19-15+,24-22-;. The molecule has 35 heavy (non-hydrogen) atoms. The van der Waals surface area contributed by atoms with Crippen LogP contribution in [-0.4, -0.2) is 49.7 Å². The van der Waals surface area contributed by atoms with Gasteiger partial charge in [-0.3, -0.25) is 14.4 Å². The van der Waals surface area contributed by atoms with Crippen molar-refractivity contribution in [3.05, 3.63) is 52.7 Å². The summed E-state index contributed by atoms with van der Waals surface area (Å²) in [7, 11) is 1.60. The molecule has 7 nitrogen and oxygen atoms in total. The third-order valence-corrected chi connectivity index (χ3v) is 6.16. The molecule has 1 saturated heterocycles. The number of methoxy groups -OCH3 is 1. The molecule has 0 bridgehead atoms. The molecule has 0 atom stereocenters. The van der Waals surface area contributed by atoms with Gasteiger partial charge in [-0.15, -0.1) is 0 Å². The molecule has 1 heterocycles. The maximum atomic E-state index is 13.3. The smallest absolute Gasteiger partial charge is 0.245 e. The highest BCUT2D eigenvalue weighted by molar-refractivity contribution is 5.99. The second-order valence-electron chi connectivity index (χ2n) is 8.46. The molecule has 0 radical (unpaired) electrons. The van der Waals surface area contributed by atoms with Crippen LogP contribution in [0.5, 0.6) is 5.75 Å². The average molecular weight is 486 g/mol. The van der Waals surface area contributed by atoms with Crippen LogP contribution in [0.1, 0.15) is 65.4 Å². The number of piperidine rings is 1. The van der Waals surface area contributed by atoms with E-state index >= 15 is 0 Å². The summed E-state index contributed by atoms with van der Waals surface area (Å²) in [6.07, 6.45) is 7.03. The summed E-state index contributed by atoms with van der Waals surface area (Å²) in [5.41, 5.74) is 7.41. The van der Waals surface area contributed by atoms with Crippen LogP contribution in [0.15, 0.2) is 47.2 Å². The number of nitrogens with two attached hydrogens (primary N) is 1. The van der Waals surface area contributed by atoms with E-state index in [0.29, 0.717) is 36.6 Å². The van der Waals surface area contributed by atoms with Crippen LogP contribution in [0, 0.1) is 5.92 Å². The lowest BCUT2D eigenvalue weighted by molar-refractivity contribution is -0.128. The van der Waals surface area contributed by atoms with Crippen molar-refractivity contribution in [2.24, 2.45) is 11.7 Å². The lowest BCUT2D eigenvalue weighted by Crippen LogP contribution is -2.33. The van der Waals surface area contributed by atoms with E-state index in [0.717, 1.165) is 44.3 Å². The Labute approximate surface area is 210 Å². The number of allylic oxidation sites excluding steroid dienone is 3. The summed E-state index contributed by atoms with van der Waals surface area (Å²) in [6.45, 7) is 10.2. The zero-order valence-electron chi connectivity index (χ0n) is 22.1. The van der Waals surface area contributed by atoms with Crippen molar-refractivity contribution in [1.82, 2.24) is 10.2 Å². The molecule has 1 aliphatic rings. The van der Waals surface area contributed by atoms with Gasteiger partial charge in [0.05, 0.1) is 13.5 Å². The molecule has 1 fully saturated rings. The number of nitrogens with one attached hydrogen (secondary N) is 1. The third-order valence-electron chi connectivity index (χ3n) is 6.16. The lowest BCUT2D eigenvalue weighted by Gasteiger charge is -2.27. The predicted molar refractivity (Wildman–Crippen MR) is 141 cm³/mol. The SMILES string of the molecule is CC.CC/C(C(N)=O)=C(C=O)\C=C(/C)N(CCCC1CCNCC1)C(=O)Cc1cccc(OC)c1. The molecular weight excluding hydrogens is 442 g/mol. The number of aldehydes is 1. The van der Waals surface area contributed by atoms with E-state index in [9.17, 15) is 14.4 Å². The van der Waals surface area contributed by atoms with Crippen LogP contribution < -0.4 is 15.8 Å². The van der Waals surface area contributed by atoms with E-state index in [1.807, 2.05) is 38.1 Å². The number of benzene rings is 1. The number of nitrogens with zero attached hydrogens (tertiary/aromatic N) is 1. The summed E-state index contributed by atoms with van der Waals surface area (Å²) in [4.78, 5) is 38.5. The number of carbonyl (C=O) groups excluding carboxylic acids is 3. The van der Waals surface area contributed by atoms with Gasteiger partial charge >= 0.3 is 0 Å². The average Bonchev–Trinajstić information content (AvgIpc) is 2.87. The maximum absolute atomic E-state index is 13.3. The van der Waals surface area contributed by atoms with Crippen molar-refractivity contribution < 1.29 is 19.1 Å². The minimum Gasteiger partial charge on any atom is -0.497 e. The van der Waals surface area contributed by atoms with Crippen molar-refractivity contribution in [2.75, 3.05) is 26.7 Å². The fraction of sp³-hybridized carbons (Fsp3) is 0.536. The van der Waals surface area contributed by atoms with Crippen LogP contribution in [0.2, 0.25) is 0 Å². The van der Waals surface area contributed by atoms with Crippen LogP contribution in [-0.2, 0) is 20.8 Å². The van der Waals surface area contributed by atoms with Crippen molar-refractivity contribution in [2.45, 2.75) is 66.2 Å². The van der Waals surface area contributed by atoms with Gasteiger partial charge in [-0.1, -0.05) is 32.9 Å². The molecule has 1 aromatic carbocycles. The Bertz CT molecular complexity index is 886. The van der Waals surface area contributed by atoms with Gasteiger partial charge in [0.15, 0.2) is 6.29 Å². The zero-order valence-corrected chi connectivity index (χ0v) is 22.1. The summed E-state index contributed by atoms with van der Waals surface area (Å²) in [5, 5.41) is 3.38. The highest BCUT2D eigenvalue weighted by Gasteiger charge is 2.19. The van der Waals surface area contributed by atoms with Crippen LogP contribution in [0.4, 0.5) is 0 Å². The first-order valence-corrected chi connectivity index (χ1v) is 12.7. The van der Waals surface area contributed by atoms with Gasteiger partial charge in [-0.05, 0) is 81.8 Å². The number of amides is 2. The number of ether oxygens (including phenoxy) is 1. The fourth-order valence-electron chi connectivity index (χ4n) is 4.27. The number of rotatable bonds is 12. The van der Waals surface area contributed by atoms with Crippen LogP contribution >= 0.6 is 0 Å². The Hall–Kier alpha value is -2.93. The number of hydrogen-bond donors (Lipinski definition) is 2. The first-order chi connectivity index (χ1) is 16.9. The van der Waals surface area contributed by atoms with Gasteiger partial charge in [-0.2, -0.15) is 0 Å². The zero-order chi connectivity index (χ0) is 26.2. The Kier molecular flexibility index (Phi) is 14.3. The van der Waals surface area contributed by atoms with Gasteiger partial charge in [-0.25, -0.2) is 0 Å². The Morgan fingerprint density at radius 1 is 1.23 bits per heavy atom. The summed E-state index contributed by atoms with van der Waals surface area (Å²) in [6, 6.07) is 7.45. The largest absolute Gasteiger partial charge is 0.497 e. The second-order valence-corrected chi connectivity index (χ2v) is 8.46. The lowest BCUT2D eigenvalue weighted by atomic mass is 9.93. The summed E-state index contributed by atoms with van der Waals surface area (Å²) < 4.78 is 5.27. The van der Waals surface area contributed by atoms with E-state index in [-0.39, 0.29) is 23.5 Å². The van der Waals surface area contributed by atoms with Gasteiger partial charge < -0.3 is 20.7 Å². The molecule has 194 valence electrons. The van der Waals surface area contributed by atoms with E-state index < -0.39 is 5.91 Å². The molecule has 2 rings (SSSR count). The van der Waals surface area contributed by atoms with Crippen molar-refractivity contribution >= 4 is 18.1 Å². The van der Waals surface area contributed by atoms with Crippen molar-refractivity contribution in [3.8, 4) is 5.75 Å². The summed E-state index contributed by atoms with van der Waals surface area (Å²) in [5.74, 6) is 0.677. The second kappa shape index (κ2) is 16.7. The van der Waals surface area contributed by atoms with Gasteiger partial charge in [0.25, 0.3) is 0 Å². The predicted octanol–water partition coefficient (Wildman–Crippen LogP) is 4.17. The summed E-state index contributed by atoms with van der Waals surface area (Å²) >= 11 is 0. The maximum Gasteiger partial charge on any atom is 0.245 e. The van der Waals surface area contributed by atoms with Gasteiger partial charge in [0.1, 0.15) is 5.75 Å².